The van der Waals surface area contributed by atoms with Crippen LogP contribution in [0, 0.1) is 6.92 Å². The lowest BCUT2D eigenvalue weighted by atomic mass is 10.1. The molecular weight excluding hydrogens is 246 g/mol. The first-order valence-corrected chi connectivity index (χ1v) is 3.97. The standard InChI is InChI=1S/C10H9NO2.BrH/c1-6-4-10(12)13-9-5-7(11)2-3-8(6)9;/h2-5H,11H2,1H3;1H. The molecule has 0 saturated carbocycles. The first-order valence-electron chi connectivity index (χ1n) is 3.97. The Morgan fingerprint density at radius 2 is 2.00 bits per heavy atom. The van der Waals surface area contributed by atoms with Crippen molar-refractivity contribution in [1.82, 2.24) is 0 Å². The summed E-state index contributed by atoms with van der Waals surface area (Å²) < 4.78 is 4.99. The van der Waals surface area contributed by atoms with E-state index in [-0.39, 0.29) is 22.6 Å². The lowest BCUT2D eigenvalue weighted by Crippen LogP contribution is -1.98. The minimum Gasteiger partial charge on any atom is -0.423 e. The maximum Gasteiger partial charge on any atom is 0.336 e. The van der Waals surface area contributed by atoms with E-state index in [1.165, 1.54) is 6.07 Å². The van der Waals surface area contributed by atoms with Crippen LogP contribution in [-0.4, -0.2) is 0 Å². The molecule has 0 bridgehead atoms. The Hall–Kier alpha value is -1.29. The Kier molecular flexibility index (Phi) is 2.96. The third-order valence-electron chi connectivity index (χ3n) is 1.98. The maximum absolute atomic E-state index is 11.0. The third kappa shape index (κ3) is 1.80. The van der Waals surface area contributed by atoms with E-state index < -0.39 is 0 Å². The highest BCUT2D eigenvalue weighted by Crippen LogP contribution is 2.18. The van der Waals surface area contributed by atoms with Gasteiger partial charge in [0.15, 0.2) is 0 Å². The molecule has 2 aromatic rings. The first-order chi connectivity index (χ1) is 6.16. The fraction of sp³-hybridized carbons (Fsp3) is 0.100. The number of aryl methyl sites for hydroxylation is 1. The van der Waals surface area contributed by atoms with Gasteiger partial charge in [-0.25, -0.2) is 4.79 Å². The molecule has 0 radical (unpaired) electrons. The van der Waals surface area contributed by atoms with Crippen molar-refractivity contribution in [3.63, 3.8) is 0 Å². The van der Waals surface area contributed by atoms with Gasteiger partial charge in [0.1, 0.15) is 5.58 Å². The van der Waals surface area contributed by atoms with E-state index in [1.807, 2.05) is 13.0 Å². The molecule has 74 valence electrons. The zero-order valence-corrected chi connectivity index (χ0v) is 9.32. The minimum atomic E-state index is -0.337. The molecule has 1 aromatic heterocycles. The molecule has 2 N–H and O–H groups in total. The average Bonchev–Trinajstić information content (AvgIpc) is 2.02. The fourth-order valence-electron chi connectivity index (χ4n) is 1.34. The number of benzene rings is 1. The van der Waals surface area contributed by atoms with Gasteiger partial charge >= 0.3 is 5.63 Å². The second-order valence-electron chi connectivity index (χ2n) is 3.00. The second-order valence-corrected chi connectivity index (χ2v) is 3.00. The first kappa shape index (κ1) is 10.8. The molecule has 0 amide bonds. The van der Waals surface area contributed by atoms with Crippen LogP contribution in [0.15, 0.2) is 33.5 Å². The summed E-state index contributed by atoms with van der Waals surface area (Å²) in [6.45, 7) is 1.87. The number of rotatable bonds is 0. The summed E-state index contributed by atoms with van der Waals surface area (Å²) in [5, 5.41) is 0.925. The number of hydrogen-bond acceptors (Lipinski definition) is 3. The molecule has 0 aliphatic carbocycles. The lowest BCUT2D eigenvalue weighted by molar-refractivity contribution is 0.560. The van der Waals surface area contributed by atoms with Gasteiger partial charge in [0.05, 0.1) is 0 Å². The van der Waals surface area contributed by atoms with Crippen molar-refractivity contribution in [1.29, 1.82) is 0 Å². The summed E-state index contributed by atoms with van der Waals surface area (Å²) in [5.41, 5.74) is 7.28. The van der Waals surface area contributed by atoms with Crippen LogP contribution in [0.4, 0.5) is 5.69 Å². The Morgan fingerprint density at radius 1 is 1.29 bits per heavy atom. The summed E-state index contributed by atoms with van der Waals surface area (Å²) in [6.07, 6.45) is 0. The number of fused-ring (bicyclic) bond motifs is 1. The summed E-state index contributed by atoms with van der Waals surface area (Å²) in [4.78, 5) is 11.0. The Bertz CT molecular complexity index is 519. The summed E-state index contributed by atoms with van der Waals surface area (Å²) >= 11 is 0. The quantitative estimate of drug-likeness (QED) is 0.581. The largest absolute Gasteiger partial charge is 0.423 e. The molecule has 0 unspecified atom stereocenters. The highest BCUT2D eigenvalue weighted by atomic mass is 79.9. The van der Waals surface area contributed by atoms with E-state index in [9.17, 15) is 4.79 Å². The molecule has 4 heteroatoms. The second kappa shape index (κ2) is 3.84. The molecule has 3 nitrogen and oxygen atoms in total. The van der Waals surface area contributed by atoms with Gasteiger partial charge in [0, 0.05) is 23.2 Å². The zero-order chi connectivity index (χ0) is 9.42. The van der Waals surface area contributed by atoms with Gasteiger partial charge in [-0.2, -0.15) is 0 Å². The molecule has 1 heterocycles. The molecule has 0 fully saturated rings. The van der Waals surface area contributed by atoms with E-state index in [1.54, 1.807) is 12.1 Å². The zero-order valence-electron chi connectivity index (χ0n) is 7.61. The minimum absolute atomic E-state index is 0. The number of halogens is 1. The van der Waals surface area contributed by atoms with Crippen LogP contribution in [0.25, 0.3) is 11.0 Å². The van der Waals surface area contributed by atoms with Crippen molar-refractivity contribution in [2.45, 2.75) is 6.92 Å². The molecule has 14 heavy (non-hydrogen) atoms. The number of nitrogen functional groups attached to an aromatic ring is 1. The molecular formula is C10H10BrNO2. The molecule has 0 saturated heterocycles. The van der Waals surface area contributed by atoms with Crippen molar-refractivity contribution in [2.24, 2.45) is 0 Å². The van der Waals surface area contributed by atoms with Crippen LogP contribution < -0.4 is 11.4 Å². The lowest BCUT2D eigenvalue weighted by Gasteiger charge is -2.00. The van der Waals surface area contributed by atoms with Crippen LogP contribution in [0.2, 0.25) is 0 Å². The van der Waals surface area contributed by atoms with Crippen LogP contribution in [0.1, 0.15) is 5.56 Å². The third-order valence-corrected chi connectivity index (χ3v) is 1.98. The summed E-state index contributed by atoms with van der Waals surface area (Å²) in [5.74, 6) is 0. The van der Waals surface area contributed by atoms with Crippen molar-refractivity contribution < 1.29 is 4.42 Å². The van der Waals surface area contributed by atoms with E-state index in [2.05, 4.69) is 0 Å². The molecule has 2 rings (SSSR count). The average molecular weight is 256 g/mol. The van der Waals surface area contributed by atoms with Gasteiger partial charge < -0.3 is 10.2 Å². The predicted octanol–water partition coefficient (Wildman–Crippen LogP) is 2.26. The van der Waals surface area contributed by atoms with Crippen LogP contribution in [0.5, 0.6) is 0 Å². The Balaban J connectivity index is 0.000000980. The van der Waals surface area contributed by atoms with Gasteiger partial charge in [0.25, 0.3) is 0 Å². The Morgan fingerprint density at radius 3 is 2.71 bits per heavy atom. The molecule has 0 aliphatic rings. The van der Waals surface area contributed by atoms with E-state index in [4.69, 9.17) is 10.2 Å². The number of hydrogen-bond donors (Lipinski definition) is 1. The van der Waals surface area contributed by atoms with E-state index in [0.717, 1.165) is 10.9 Å². The number of anilines is 1. The van der Waals surface area contributed by atoms with Gasteiger partial charge in [-0.15, -0.1) is 17.0 Å². The van der Waals surface area contributed by atoms with Crippen molar-refractivity contribution in [3.8, 4) is 0 Å². The Labute approximate surface area is 91.3 Å². The van der Waals surface area contributed by atoms with Crippen molar-refractivity contribution >= 4 is 33.6 Å². The molecule has 0 aliphatic heterocycles. The monoisotopic (exact) mass is 255 g/mol. The normalized spacial score (nSPS) is 9.79. The van der Waals surface area contributed by atoms with Crippen molar-refractivity contribution in [3.05, 3.63) is 40.2 Å². The van der Waals surface area contributed by atoms with Crippen LogP contribution in [0.3, 0.4) is 0 Å². The predicted molar refractivity (Wildman–Crippen MR) is 62.0 cm³/mol. The SMILES string of the molecule is Br.Cc1cc(=O)oc2cc(N)ccc12. The van der Waals surface area contributed by atoms with Gasteiger partial charge in [0.2, 0.25) is 0 Å². The summed E-state index contributed by atoms with van der Waals surface area (Å²) in [6, 6.07) is 6.76. The highest BCUT2D eigenvalue weighted by Gasteiger charge is 2.00. The highest BCUT2D eigenvalue weighted by molar-refractivity contribution is 8.93. The van der Waals surface area contributed by atoms with Gasteiger partial charge in [-0.05, 0) is 24.6 Å². The van der Waals surface area contributed by atoms with Crippen LogP contribution >= 0.6 is 17.0 Å². The molecule has 1 aromatic carbocycles. The van der Waals surface area contributed by atoms with Gasteiger partial charge in [-0.3, -0.25) is 0 Å². The maximum atomic E-state index is 11.0. The smallest absolute Gasteiger partial charge is 0.336 e. The summed E-state index contributed by atoms with van der Waals surface area (Å²) in [7, 11) is 0. The number of nitrogens with two attached hydrogens (primary N) is 1. The van der Waals surface area contributed by atoms with Crippen molar-refractivity contribution in [2.75, 3.05) is 5.73 Å². The topological polar surface area (TPSA) is 56.2 Å². The fourth-order valence-corrected chi connectivity index (χ4v) is 1.34. The van der Waals surface area contributed by atoms with E-state index >= 15 is 0 Å². The van der Waals surface area contributed by atoms with Crippen LogP contribution in [-0.2, 0) is 0 Å². The van der Waals surface area contributed by atoms with Gasteiger partial charge in [-0.1, -0.05) is 0 Å². The molecule has 0 spiro atoms. The van der Waals surface area contributed by atoms with E-state index in [0.29, 0.717) is 11.3 Å². The molecule has 0 atom stereocenters.